The molecular weight excluding hydrogens is 627 g/mol. The van der Waals surface area contributed by atoms with E-state index in [1.165, 1.54) is 16.8 Å². The number of anilines is 2. The van der Waals surface area contributed by atoms with E-state index in [-0.39, 0.29) is 28.5 Å². The molecule has 0 saturated carbocycles. The summed E-state index contributed by atoms with van der Waals surface area (Å²) in [6.07, 6.45) is -1.91. The predicted octanol–water partition coefficient (Wildman–Crippen LogP) is 5.26. The number of nitrogens with two attached hydrogens (primary N) is 1. The number of nitrogen functional groups attached to an aromatic ring is 1. The fourth-order valence-corrected chi connectivity index (χ4v) is 7.00. The largest absolute Gasteiger partial charge is 0.493 e. The number of carboxylic acid groups (broad SMARTS) is 1. The molecule has 7 rings (SSSR count). The maximum Gasteiger partial charge on any atom is 0.429 e. The van der Waals surface area contributed by atoms with E-state index in [4.69, 9.17) is 15.2 Å². The first-order valence-electron chi connectivity index (χ1n) is 16.0. The van der Waals surface area contributed by atoms with Crippen molar-refractivity contribution in [3.05, 3.63) is 71.5 Å². The van der Waals surface area contributed by atoms with Crippen LogP contribution in [0.5, 0.6) is 11.6 Å². The van der Waals surface area contributed by atoms with Crippen molar-refractivity contribution < 1.29 is 32.5 Å². The Kier molecular flexibility index (Phi) is 8.14. The van der Waals surface area contributed by atoms with Crippen LogP contribution in [0.25, 0.3) is 16.8 Å². The Morgan fingerprint density at radius 2 is 1.90 bits per heavy atom. The summed E-state index contributed by atoms with van der Waals surface area (Å²) in [6.45, 7) is 4.09. The standard InChI is InChI=1S/C34H36F3N7O4/c1-20-8-11-44(42-20)26-16-22(21-5-7-27-23(15-21)3-2-14-47-27)4-6-24(26)30(34(35,36)37)48-29-17-28(40-32(38)41-29)43-12-9-33(10-13-43)18-25(31(45)46)39-19-33/h4-8,11,15-17,25,30,39H,2-3,9-10,12-14,18-19H2,1H3,(H,45,46)(H2,38,40,41)/t25?,30-/m1/s1. The second-order valence-corrected chi connectivity index (χ2v) is 12.9. The lowest BCUT2D eigenvalue weighted by Gasteiger charge is -2.39. The number of halogens is 3. The van der Waals surface area contributed by atoms with Gasteiger partial charge in [-0.15, -0.1) is 0 Å². The van der Waals surface area contributed by atoms with Gasteiger partial charge in [-0.1, -0.05) is 18.2 Å². The number of benzene rings is 2. The van der Waals surface area contributed by atoms with Gasteiger partial charge in [-0.2, -0.15) is 28.2 Å². The highest BCUT2D eigenvalue weighted by atomic mass is 19.4. The summed E-state index contributed by atoms with van der Waals surface area (Å²) < 4.78 is 57.6. The van der Waals surface area contributed by atoms with E-state index in [0.29, 0.717) is 57.0 Å². The third-order valence-electron chi connectivity index (χ3n) is 9.57. The molecule has 1 spiro atoms. The summed E-state index contributed by atoms with van der Waals surface area (Å²) in [7, 11) is 0. The Morgan fingerprint density at radius 1 is 1.12 bits per heavy atom. The SMILES string of the molecule is Cc1ccn(-c2cc(-c3ccc4c(c3)CCCO4)ccc2[C@@H](Oc2cc(N3CCC4(CC3)CNC(C(=O)O)C4)nc(N)n2)C(F)(F)F)n1. The van der Waals surface area contributed by atoms with Crippen LogP contribution in [0.4, 0.5) is 24.9 Å². The number of aromatic nitrogens is 4. The average molecular weight is 664 g/mol. The Balaban J connectivity index is 1.19. The number of nitrogens with zero attached hydrogens (tertiary/aromatic N) is 5. The van der Waals surface area contributed by atoms with E-state index in [1.54, 1.807) is 31.3 Å². The second kappa shape index (κ2) is 12.3. The molecule has 1 unspecified atom stereocenters. The number of carboxylic acids is 1. The fraction of sp³-hybridized carbons (Fsp3) is 0.412. The minimum atomic E-state index is -4.82. The lowest BCUT2D eigenvalue weighted by molar-refractivity contribution is -0.198. The van der Waals surface area contributed by atoms with E-state index in [9.17, 15) is 23.1 Å². The molecule has 2 saturated heterocycles. The highest BCUT2D eigenvalue weighted by molar-refractivity contribution is 5.74. The summed E-state index contributed by atoms with van der Waals surface area (Å²) in [5.74, 6) is -0.219. The molecule has 2 aromatic heterocycles. The van der Waals surface area contributed by atoms with Crippen LogP contribution in [0.2, 0.25) is 0 Å². The molecule has 3 aliphatic heterocycles. The number of aliphatic carboxylic acids is 1. The van der Waals surface area contributed by atoms with Crippen LogP contribution in [0.3, 0.4) is 0 Å². The number of ether oxygens (including phenoxy) is 2. The predicted molar refractivity (Wildman–Crippen MR) is 171 cm³/mol. The number of fused-ring (bicyclic) bond motifs is 1. The molecule has 48 heavy (non-hydrogen) atoms. The summed E-state index contributed by atoms with van der Waals surface area (Å²) in [4.78, 5) is 21.7. The van der Waals surface area contributed by atoms with E-state index in [1.807, 2.05) is 23.1 Å². The summed E-state index contributed by atoms with van der Waals surface area (Å²) >= 11 is 0. The van der Waals surface area contributed by atoms with Gasteiger partial charge in [0.15, 0.2) is 0 Å². The molecule has 0 radical (unpaired) electrons. The first kappa shape index (κ1) is 31.7. The van der Waals surface area contributed by atoms with Gasteiger partial charge < -0.3 is 30.5 Å². The number of carbonyl (C=O) groups is 1. The van der Waals surface area contributed by atoms with E-state index >= 15 is 0 Å². The molecule has 4 N–H and O–H groups in total. The van der Waals surface area contributed by atoms with Crippen LogP contribution in [-0.4, -0.2) is 69.3 Å². The van der Waals surface area contributed by atoms with Crippen molar-refractivity contribution >= 4 is 17.7 Å². The smallest absolute Gasteiger partial charge is 0.429 e. The van der Waals surface area contributed by atoms with Crippen LogP contribution in [0, 0.1) is 12.3 Å². The monoisotopic (exact) mass is 663 g/mol. The van der Waals surface area contributed by atoms with Crippen molar-refractivity contribution in [1.29, 1.82) is 0 Å². The first-order valence-corrected chi connectivity index (χ1v) is 16.0. The quantitative estimate of drug-likeness (QED) is 0.240. The fourth-order valence-electron chi connectivity index (χ4n) is 7.00. The molecule has 0 amide bonds. The maximum atomic E-state index is 14.9. The molecular formula is C34H36F3N7O4. The number of hydrogen-bond donors (Lipinski definition) is 3. The number of alkyl halides is 3. The van der Waals surface area contributed by atoms with Gasteiger partial charge in [0.05, 0.1) is 18.0 Å². The van der Waals surface area contributed by atoms with E-state index in [0.717, 1.165) is 35.3 Å². The molecule has 252 valence electrons. The third-order valence-corrected chi connectivity index (χ3v) is 9.57. The summed E-state index contributed by atoms with van der Waals surface area (Å²) in [5.41, 5.74) is 9.19. The molecule has 14 heteroatoms. The minimum Gasteiger partial charge on any atom is -0.493 e. The molecule has 3 aliphatic rings. The van der Waals surface area contributed by atoms with Crippen LogP contribution in [0.1, 0.15) is 48.6 Å². The van der Waals surface area contributed by atoms with Crippen molar-refractivity contribution in [1.82, 2.24) is 25.1 Å². The van der Waals surface area contributed by atoms with E-state index < -0.39 is 24.3 Å². The van der Waals surface area contributed by atoms with Gasteiger partial charge in [-0.05, 0) is 85.4 Å². The van der Waals surface area contributed by atoms with Gasteiger partial charge in [0, 0.05) is 37.5 Å². The highest BCUT2D eigenvalue weighted by Gasteiger charge is 2.46. The van der Waals surface area contributed by atoms with Gasteiger partial charge in [-0.25, -0.2) is 4.68 Å². The molecule has 0 bridgehead atoms. The van der Waals surface area contributed by atoms with Gasteiger partial charge in [0.25, 0.3) is 0 Å². The molecule has 11 nitrogen and oxygen atoms in total. The molecule has 4 aromatic rings. The Bertz CT molecular complexity index is 1840. The molecule has 0 aliphatic carbocycles. The number of piperidine rings is 1. The van der Waals surface area contributed by atoms with Crippen molar-refractivity contribution in [3.8, 4) is 28.4 Å². The lowest BCUT2D eigenvalue weighted by atomic mass is 9.76. The molecule has 5 heterocycles. The summed E-state index contributed by atoms with van der Waals surface area (Å²) in [6, 6.07) is 13.1. The Hall–Kier alpha value is -4.85. The third kappa shape index (κ3) is 6.36. The topological polar surface area (TPSA) is 141 Å². The zero-order chi connectivity index (χ0) is 33.6. The number of nitrogens with one attached hydrogen (secondary N) is 1. The number of aryl methyl sites for hydroxylation is 2. The molecule has 2 atom stereocenters. The molecule has 2 fully saturated rings. The zero-order valence-corrected chi connectivity index (χ0v) is 26.3. The van der Waals surface area contributed by atoms with Crippen LogP contribution in [0.15, 0.2) is 54.7 Å². The summed E-state index contributed by atoms with van der Waals surface area (Å²) in [5, 5.41) is 16.9. The lowest BCUT2D eigenvalue weighted by Crippen LogP contribution is -2.41. The second-order valence-electron chi connectivity index (χ2n) is 12.9. The van der Waals surface area contributed by atoms with Crippen LogP contribution < -0.4 is 25.4 Å². The maximum absolute atomic E-state index is 14.9. The van der Waals surface area contributed by atoms with Crippen LogP contribution in [-0.2, 0) is 11.2 Å². The average Bonchev–Trinajstić information content (AvgIpc) is 3.69. The minimum absolute atomic E-state index is 0.143. The molecule has 2 aromatic carbocycles. The van der Waals surface area contributed by atoms with Crippen molar-refractivity contribution in [2.24, 2.45) is 5.41 Å². The highest BCUT2D eigenvalue weighted by Crippen LogP contribution is 2.43. The van der Waals surface area contributed by atoms with Crippen LogP contribution >= 0.6 is 0 Å². The van der Waals surface area contributed by atoms with Gasteiger partial charge in [-0.3, -0.25) is 4.79 Å². The normalized spacial score (nSPS) is 19.5. The van der Waals surface area contributed by atoms with E-state index in [2.05, 4.69) is 20.4 Å². The van der Waals surface area contributed by atoms with Gasteiger partial charge in [0.1, 0.15) is 17.6 Å². The van der Waals surface area contributed by atoms with Gasteiger partial charge in [0.2, 0.25) is 17.9 Å². The number of rotatable bonds is 7. The zero-order valence-electron chi connectivity index (χ0n) is 26.3. The van der Waals surface area contributed by atoms with Gasteiger partial charge >= 0.3 is 12.1 Å². The Labute approximate surface area is 274 Å². The van der Waals surface area contributed by atoms with Crippen molar-refractivity contribution in [2.75, 3.05) is 36.9 Å². The van der Waals surface area contributed by atoms with Crippen molar-refractivity contribution in [3.63, 3.8) is 0 Å². The first-order chi connectivity index (χ1) is 23.0. The number of hydrogen-bond acceptors (Lipinski definition) is 9. The Morgan fingerprint density at radius 3 is 2.60 bits per heavy atom. The van der Waals surface area contributed by atoms with Crippen molar-refractivity contribution in [2.45, 2.75) is 57.3 Å².